The molecule has 0 aliphatic rings. The van der Waals surface area contributed by atoms with E-state index in [2.05, 4.69) is 10.5 Å². The molecule has 1 atom stereocenters. The lowest BCUT2D eigenvalue weighted by Crippen LogP contribution is -2.33. The van der Waals surface area contributed by atoms with Crippen molar-refractivity contribution in [2.45, 2.75) is 26.4 Å². The largest absolute Gasteiger partial charge is 0.494 e. The van der Waals surface area contributed by atoms with Crippen LogP contribution in [0.5, 0.6) is 17.2 Å². The van der Waals surface area contributed by atoms with Gasteiger partial charge in [0.1, 0.15) is 17.2 Å². The molecular weight excluding hydrogens is 468 g/mol. The summed E-state index contributed by atoms with van der Waals surface area (Å²) in [5.74, 6) is 0.882. The topological polar surface area (TPSA) is 86.2 Å². The van der Waals surface area contributed by atoms with Gasteiger partial charge in [-0.1, -0.05) is 37.3 Å². The maximum Gasteiger partial charge on any atom is 0.343 e. The highest BCUT2D eigenvalue weighted by atomic mass is 16.5. The van der Waals surface area contributed by atoms with Crippen LogP contribution >= 0.6 is 0 Å². The number of nitrogens with one attached hydrogen (secondary N) is 1. The summed E-state index contributed by atoms with van der Waals surface area (Å²) in [6.45, 7) is 4.32. The highest BCUT2D eigenvalue weighted by Crippen LogP contribution is 2.21. The fourth-order valence-electron chi connectivity index (χ4n) is 3.45. The van der Waals surface area contributed by atoms with Crippen molar-refractivity contribution in [3.8, 4) is 17.2 Å². The zero-order valence-corrected chi connectivity index (χ0v) is 20.7. The number of hydrogen-bond acceptors (Lipinski definition) is 6. The molecule has 4 aromatic rings. The van der Waals surface area contributed by atoms with Crippen LogP contribution < -0.4 is 19.6 Å². The van der Waals surface area contributed by atoms with Crippen molar-refractivity contribution in [2.75, 3.05) is 6.61 Å². The molecule has 0 radical (unpaired) electrons. The van der Waals surface area contributed by atoms with E-state index in [1.54, 1.807) is 55.5 Å². The zero-order valence-electron chi connectivity index (χ0n) is 20.7. The third-order valence-corrected chi connectivity index (χ3v) is 5.44. The second-order valence-corrected chi connectivity index (χ2v) is 8.33. The monoisotopic (exact) mass is 496 g/mol. The molecule has 37 heavy (non-hydrogen) atoms. The van der Waals surface area contributed by atoms with Crippen LogP contribution in [0.2, 0.25) is 0 Å². The van der Waals surface area contributed by atoms with Crippen molar-refractivity contribution in [1.82, 2.24) is 5.43 Å². The van der Waals surface area contributed by atoms with Crippen molar-refractivity contribution >= 4 is 28.9 Å². The third kappa shape index (κ3) is 7.18. The molecule has 0 saturated heterocycles. The lowest BCUT2D eigenvalue weighted by molar-refractivity contribution is -0.127. The van der Waals surface area contributed by atoms with E-state index in [0.29, 0.717) is 29.4 Å². The van der Waals surface area contributed by atoms with Crippen LogP contribution in [-0.2, 0) is 4.79 Å². The summed E-state index contributed by atoms with van der Waals surface area (Å²) in [5, 5.41) is 6.14. The Kier molecular flexibility index (Phi) is 8.49. The summed E-state index contributed by atoms with van der Waals surface area (Å²) >= 11 is 0. The predicted octanol–water partition coefficient (Wildman–Crippen LogP) is 5.77. The summed E-state index contributed by atoms with van der Waals surface area (Å²) in [5.41, 5.74) is 3.63. The van der Waals surface area contributed by atoms with Gasteiger partial charge in [0.15, 0.2) is 6.10 Å². The van der Waals surface area contributed by atoms with E-state index >= 15 is 0 Å². The minimum atomic E-state index is -0.729. The smallest absolute Gasteiger partial charge is 0.343 e. The van der Waals surface area contributed by atoms with Crippen LogP contribution in [0.15, 0.2) is 96.1 Å². The van der Waals surface area contributed by atoms with Crippen molar-refractivity contribution < 1.29 is 23.8 Å². The lowest BCUT2D eigenvalue weighted by Gasteiger charge is -2.13. The first-order valence-electron chi connectivity index (χ1n) is 12.1. The maximum atomic E-state index is 12.4. The molecule has 0 aliphatic carbocycles. The van der Waals surface area contributed by atoms with Crippen molar-refractivity contribution in [2.24, 2.45) is 5.10 Å². The Morgan fingerprint density at radius 2 is 1.54 bits per heavy atom. The second-order valence-electron chi connectivity index (χ2n) is 8.33. The molecule has 7 heteroatoms. The van der Waals surface area contributed by atoms with Gasteiger partial charge >= 0.3 is 5.97 Å². The van der Waals surface area contributed by atoms with Crippen molar-refractivity contribution in [1.29, 1.82) is 0 Å². The molecule has 4 rings (SSSR count). The SMILES string of the molecule is CCCOc1ccc(C(=O)Oc2ccc(/C=N\NC(=O)[C@@H](C)Oc3ccc4ccccc4c3)cc2)cc1. The highest BCUT2D eigenvalue weighted by Gasteiger charge is 2.14. The van der Waals surface area contributed by atoms with Crippen LogP contribution in [0.1, 0.15) is 36.2 Å². The van der Waals surface area contributed by atoms with E-state index in [1.807, 2.05) is 49.4 Å². The Balaban J connectivity index is 1.26. The van der Waals surface area contributed by atoms with Gasteiger partial charge in [0, 0.05) is 0 Å². The Morgan fingerprint density at radius 1 is 0.865 bits per heavy atom. The number of hydrogen-bond donors (Lipinski definition) is 1. The highest BCUT2D eigenvalue weighted by molar-refractivity contribution is 5.91. The average Bonchev–Trinajstić information content (AvgIpc) is 2.93. The summed E-state index contributed by atoms with van der Waals surface area (Å²) < 4.78 is 16.7. The van der Waals surface area contributed by atoms with Crippen LogP contribution in [0.3, 0.4) is 0 Å². The number of benzene rings is 4. The van der Waals surface area contributed by atoms with Gasteiger partial charge in [-0.05, 0) is 90.3 Å². The van der Waals surface area contributed by atoms with E-state index in [-0.39, 0.29) is 5.91 Å². The van der Waals surface area contributed by atoms with Gasteiger partial charge < -0.3 is 14.2 Å². The van der Waals surface area contributed by atoms with Gasteiger partial charge in [0.2, 0.25) is 0 Å². The first-order chi connectivity index (χ1) is 18.0. The molecule has 0 fully saturated rings. The molecule has 188 valence electrons. The first kappa shape index (κ1) is 25.4. The fraction of sp³-hybridized carbons (Fsp3) is 0.167. The predicted molar refractivity (Wildman–Crippen MR) is 143 cm³/mol. The number of nitrogens with zero attached hydrogens (tertiary/aromatic N) is 1. The van der Waals surface area contributed by atoms with Gasteiger partial charge in [0.05, 0.1) is 18.4 Å². The molecule has 0 saturated carbocycles. The number of esters is 1. The normalized spacial score (nSPS) is 11.7. The fourth-order valence-corrected chi connectivity index (χ4v) is 3.45. The molecule has 0 heterocycles. The van der Waals surface area contributed by atoms with Crippen LogP contribution in [0, 0.1) is 0 Å². The summed E-state index contributed by atoms with van der Waals surface area (Å²) in [7, 11) is 0. The standard InChI is InChI=1S/C30H28N2O5/c1-3-18-35-26-15-11-24(12-16-26)30(34)37-27-13-8-22(9-14-27)20-31-32-29(33)21(2)36-28-17-10-23-6-4-5-7-25(23)19-28/h4-17,19-21H,3,18H2,1-2H3,(H,32,33)/b31-20-/t21-/m1/s1. The van der Waals surface area contributed by atoms with E-state index in [9.17, 15) is 9.59 Å². The molecular formula is C30H28N2O5. The minimum absolute atomic E-state index is 0.374. The molecule has 0 unspecified atom stereocenters. The second kappa shape index (κ2) is 12.4. The van der Waals surface area contributed by atoms with Crippen LogP contribution in [0.4, 0.5) is 0 Å². The maximum absolute atomic E-state index is 12.4. The van der Waals surface area contributed by atoms with Gasteiger partial charge in [-0.2, -0.15) is 5.10 Å². The lowest BCUT2D eigenvalue weighted by atomic mass is 10.1. The Bertz CT molecular complexity index is 1380. The molecule has 1 N–H and O–H groups in total. The molecule has 0 bridgehead atoms. The number of carbonyl (C=O) groups excluding carboxylic acids is 2. The molecule has 0 aliphatic heterocycles. The van der Waals surface area contributed by atoms with Crippen molar-refractivity contribution in [3.05, 3.63) is 102 Å². The van der Waals surface area contributed by atoms with Gasteiger partial charge in [-0.3, -0.25) is 4.79 Å². The van der Waals surface area contributed by atoms with E-state index in [1.165, 1.54) is 6.21 Å². The molecule has 0 spiro atoms. The van der Waals surface area contributed by atoms with Gasteiger partial charge in [0.25, 0.3) is 5.91 Å². The Labute approximate surface area is 215 Å². The summed E-state index contributed by atoms with van der Waals surface area (Å²) in [6.07, 6.45) is 1.69. The molecule has 0 aromatic heterocycles. The van der Waals surface area contributed by atoms with E-state index < -0.39 is 12.1 Å². The van der Waals surface area contributed by atoms with E-state index in [4.69, 9.17) is 14.2 Å². The summed E-state index contributed by atoms with van der Waals surface area (Å²) in [4.78, 5) is 24.8. The van der Waals surface area contributed by atoms with Crippen LogP contribution in [-0.4, -0.2) is 30.8 Å². The van der Waals surface area contributed by atoms with Gasteiger partial charge in [-0.15, -0.1) is 0 Å². The van der Waals surface area contributed by atoms with Gasteiger partial charge in [-0.25, -0.2) is 10.2 Å². The van der Waals surface area contributed by atoms with Crippen LogP contribution in [0.25, 0.3) is 10.8 Å². The Morgan fingerprint density at radius 3 is 2.27 bits per heavy atom. The molecule has 7 nitrogen and oxygen atoms in total. The number of ether oxygens (including phenoxy) is 3. The average molecular weight is 497 g/mol. The third-order valence-electron chi connectivity index (χ3n) is 5.44. The number of amides is 1. The number of carbonyl (C=O) groups is 2. The molecule has 4 aromatic carbocycles. The zero-order chi connectivity index (χ0) is 26.0. The quantitative estimate of drug-likeness (QED) is 0.130. The first-order valence-corrected chi connectivity index (χ1v) is 12.1. The Hall–Kier alpha value is -4.65. The van der Waals surface area contributed by atoms with Crippen molar-refractivity contribution in [3.63, 3.8) is 0 Å². The summed E-state index contributed by atoms with van der Waals surface area (Å²) in [6, 6.07) is 27.2. The number of hydrazone groups is 1. The van der Waals surface area contributed by atoms with E-state index in [0.717, 1.165) is 22.8 Å². The number of rotatable bonds is 10. The number of fused-ring (bicyclic) bond motifs is 1. The minimum Gasteiger partial charge on any atom is -0.494 e. The molecule has 1 amide bonds.